The topological polar surface area (TPSA) is 94.0 Å². The summed E-state index contributed by atoms with van der Waals surface area (Å²) in [5, 5.41) is 6.49. The number of rotatable bonds is 5. The summed E-state index contributed by atoms with van der Waals surface area (Å²) < 4.78 is 4.95. The molecule has 6 heteroatoms. The van der Waals surface area contributed by atoms with Gasteiger partial charge in [-0.25, -0.2) is 0 Å². The van der Waals surface area contributed by atoms with Gasteiger partial charge in [0.15, 0.2) is 5.82 Å². The summed E-state index contributed by atoms with van der Waals surface area (Å²) in [5.74, 6) is 1.37. The van der Waals surface area contributed by atoms with Crippen LogP contribution in [0.5, 0.6) is 0 Å². The zero-order valence-corrected chi connectivity index (χ0v) is 10.2. The zero-order chi connectivity index (χ0) is 12.5. The first-order chi connectivity index (χ1) is 8.00. The number of aryl methyl sites for hydroxylation is 1. The molecule has 0 bridgehead atoms. The van der Waals surface area contributed by atoms with Crippen molar-refractivity contribution in [2.75, 3.05) is 6.54 Å². The second-order valence-corrected chi connectivity index (χ2v) is 4.80. The highest BCUT2D eigenvalue weighted by Crippen LogP contribution is 2.37. The fourth-order valence-corrected chi connectivity index (χ4v) is 1.78. The van der Waals surface area contributed by atoms with E-state index in [1.54, 1.807) is 13.8 Å². The Morgan fingerprint density at radius 1 is 1.65 bits per heavy atom. The van der Waals surface area contributed by atoms with E-state index in [2.05, 4.69) is 15.5 Å². The molecule has 1 fully saturated rings. The highest BCUT2D eigenvalue weighted by atomic mass is 16.5. The molecule has 0 saturated heterocycles. The number of hydrogen-bond acceptors (Lipinski definition) is 5. The van der Waals surface area contributed by atoms with Crippen LogP contribution in [-0.4, -0.2) is 28.1 Å². The predicted octanol–water partition coefficient (Wildman–Crippen LogP) is 0.164. The smallest absolute Gasteiger partial charge is 0.240 e. The van der Waals surface area contributed by atoms with Crippen molar-refractivity contribution in [2.45, 2.75) is 38.6 Å². The van der Waals surface area contributed by atoms with Crippen LogP contribution in [0, 0.1) is 12.8 Å². The molecule has 17 heavy (non-hydrogen) atoms. The van der Waals surface area contributed by atoms with Gasteiger partial charge in [-0.05, 0) is 32.6 Å². The standard InChI is InChI=1S/C11H18N4O2/c1-7-14-9(17-15-7)5-6-13-10(16)11(2,12)8-3-4-8/h8H,3-6,12H2,1-2H3,(H,13,16). The normalized spacial score (nSPS) is 18.8. The quantitative estimate of drug-likeness (QED) is 0.762. The molecule has 94 valence electrons. The van der Waals surface area contributed by atoms with Crippen LogP contribution in [0.15, 0.2) is 4.52 Å². The van der Waals surface area contributed by atoms with Crippen molar-refractivity contribution in [1.82, 2.24) is 15.5 Å². The lowest BCUT2D eigenvalue weighted by atomic mass is 9.96. The molecule has 0 radical (unpaired) electrons. The Hall–Kier alpha value is -1.43. The number of aromatic nitrogens is 2. The fourth-order valence-electron chi connectivity index (χ4n) is 1.78. The average molecular weight is 238 g/mol. The maximum absolute atomic E-state index is 11.8. The van der Waals surface area contributed by atoms with Crippen LogP contribution >= 0.6 is 0 Å². The number of hydrogen-bond donors (Lipinski definition) is 2. The van der Waals surface area contributed by atoms with Gasteiger partial charge in [0.2, 0.25) is 11.8 Å². The summed E-state index contributed by atoms with van der Waals surface area (Å²) in [6.07, 6.45) is 2.62. The van der Waals surface area contributed by atoms with Gasteiger partial charge in [-0.2, -0.15) is 4.98 Å². The van der Waals surface area contributed by atoms with Crippen LogP contribution in [0.1, 0.15) is 31.5 Å². The molecule has 1 aromatic heterocycles. The van der Waals surface area contributed by atoms with Crippen molar-refractivity contribution in [1.29, 1.82) is 0 Å². The Morgan fingerprint density at radius 3 is 2.88 bits per heavy atom. The van der Waals surface area contributed by atoms with Gasteiger partial charge in [-0.1, -0.05) is 5.16 Å². The van der Waals surface area contributed by atoms with E-state index in [1.807, 2.05) is 0 Å². The highest BCUT2D eigenvalue weighted by molar-refractivity contribution is 5.86. The molecule has 0 aromatic carbocycles. The maximum atomic E-state index is 11.8. The number of carbonyl (C=O) groups excluding carboxylic acids is 1. The Kier molecular flexibility index (Phi) is 3.15. The number of amides is 1. The summed E-state index contributed by atoms with van der Waals surface area (Å²) in [7, 11) is 0. The molecule has 2 rings (SSSR count). The molecular weight excluding hydrogens is 220 g/mol. The Balaban J connectivity index is 1.76. The third-order valence-corrected chi connectivity index (χ3v) is 3.11. The molecule has 1 heterocycles. The largest absolute Gasteiger partial charge is 0.354 e. The van der Waals surface area contributed by atoms with Crippen LogP contribution in [0.3, 0.4) is 0 Å². The lowest BCUT2D eigenvalue weighted by Gasteiger charge is -2.22. The van der Waals surface area contributed by atoms with Crippen LogP contribution in [0.4, 0.5) is 0 Å². The average Bonchev–Trinajstić information content (AvgIpc) is 3.04. The number of nitrogens with one attached hydrogen (secondary N) is 1. The van der Waals surface area contributed by atoms with E-state index in [9.17, 15) is 4.79 Å². The lowest BCUT2D eigenvalue weighted by molar-refractivity contribution is -0.126. The van der Waals surface area contributed by atoms with E-state index in [0.29, 0.717) is 30.6 Å². The molecule has 1 aromatic rings. The monoisotopic (exact) mass is 238 g/mol. The van der Waals surface area contributed by atoms with Gasteiger partial charge >= 0.3 is 0 Å². The van der Waals surface area contributed by atoms with Crippen molar-refractivity contribution >= 4 is 5.91 Å². The van der Waals surface area contributed by atoms with E-state index in [0.717, 1.165) is 12.8 Å². The summed E-state index contributed by atoms with van der Waals surface area (Å²) in [6, 6.07) is 0. The molecule has 6 nitrogen and oxygen atoms in total. The van der Waals surface area contributed by atoms with Gasteiger partial charge in [0.25, 0.3) is 0 Å². The first-order valence-electron chi connectivity index (χ1n) is 5.86. The first-order valence-corrected chi connectivity index (χ1v) is 5.86. The summed E-state index contributed by atoms with van der Waals surface area (Å²) in [6.45, 7) is 4.02. The van der Waals surface area contributed by atoms with Crippen LogP contribution in [-0.2, 0) is 11.2 Å². The first kappa shape index (κ1) is 12.0. The minimum absolute atomic E-state index is 0.101. The molecule has 0 spiro atoms. The number of nitrogens with zero attached hydrogens (tertiary/aromatic N) is 2. The Morgan fingerprint density at radius 2 is 2.35 bits per heavy atom. The predicted molar refractivity (Wildman–Crippen MR) is 61.1 cm³/mol. The third kappa shape index (κ3) is 2.82. The minimum Gasteiger partial charge on any atom is -0.354 e. The molecule has 3 N–H and O–H groups in total. The number of nitrogens with two attached hydrogens (primary N) is 1. The second-order valence-electron chi connectivity index (χ2n) is 4.80. The SMILES string of the molecule is Cc1noc(CCNC(=O)C(C)(N)C2CC2)n1. The van der Waals surface area contributed by atoms with Gasteiger partial charge in [-0.15, -0.1) is 0 Å². The van der Waals surface area contributed by atoms with E-state index in [-0.39, 0.29) is 5.91 Å². The van der Waals surface area contributed by atoms with Crippen molar-refractivity contribution < 1.29 is 9.32 Å². The van der Waals surface area contributed by atoms with Crippen molar-refractivity contribution in [3.05, 3.63) is 11.7 Å². The lowest BCUT2D eigenvalue weighted by Crippen LogP contribution is -2.53. The van der Waals surface area contributed by atoms with Crippen molar-refractivity contribution in [2.24, 2.45) is 11.7 Å². The van der Waals surface area contributed by atoms with Crippen molar-refractivity contribution in [3.8, 4) is 0 Å². The number of carbonyl (C=O) groups is 1. The molecular formula is C11H18N4O2. The molecule has 0 aliphatic heterocycles. The minimum atomic E-state index is -0.745. The molecule has 1 amide bonds. The van der Waals surface area contributed by atoms with Gasteiger partial charge < -0.3 is 15.6 Å². The Bertz CT molecular complexity index is 409. The molecule has 1 unspecified atom stereocenters. The van der Waals surface area contributed by atoms with E-state index < -0.39 is 5.54 Å². The van der Waals surface area contributed by atoms with E-state index >= 15 is 0 Å². The van der Waals surface area contributed by atoms with Gasteiger partial charge in [0.1, 0.15) is 0 Å². The maximum Gasteiger partial charge on any atom is 0.240 e. The summed E-state index contributed by atoms with van der Waals surface area (Å²) >= 11 is 0. The Labute approximate surface area is 99.9 Å². The summed E-state index contributed by atoms with van der Waals surface area (Å²) in [5.41, 5.74) is 5.24. The van der Waals surface area contributed by atoms with Gasteiger partial charge in [0, 0.05) is 13.0 Å². The van der Waals surface area contributed by atoms with E-state index in [1.165, 1.54) is 0 Å². The van der Waals surface area contributed by atoms with Crippen LogP contribution in [0.2, 0.25) is 0 Å². The van der Waals surface area contributed by atoms with E-state index in [4.69, 9.17) is 10.3 Å². The molecule has 1 saturated carbocycles. The summed E-state index contributed by atoms with van der Waals surface area (Å²) in [4.78, 5) is 15.9. The van der Waals surface area contributed by atoms with Gasteiger partial charge in [0.05, 0.1) is 5.54 Å². The van der Waals surface area contributed by atoms with Gasteiger partial charge in [-0.3, -0.25) is 4.79 Å². The van der Waals surface area contributed by atoms with Crippen LogP contribution in [0.25, 0.3) is 0 Å². The van der Waals surface area contributed by atoms with Crippen LogP contribution < -0.4 is 11.1 Å². The van der Waals surface area contributed by atoms with Crippen molar-refractivity contribution in [3.63, 3.8) is 0 Å². The highest BCUT2D eigenvalue weighted by Gasteiger charge is 2.43. The second kappa shape index (κ2) is 4.44. The zero-order valence-electron chi connectivity index (χ0n) is 10.2. The molecule has 1 aliphatic rings. The molecule has 1 aliphatic carbocycles. The molecule has 1 atom stereocenters. The third-order valence-electron chi connectivity index (χ3n) is 3.11. The fraction of sp³-hybridized carbons (Fsp3) is 0.727.